The van der Waals surface area contributed by atoms with E-state index in [1.54, 1.807) is 31.0 Å². The minimum atomic E-state index is -1.25. The van der Waals surface area contributed by atoms with Gasteiger partial charge >= 0.3 is 12.0 Å². The molecule has 8 nitrogen and oxygen atoms in total. The fraction of sp³-hybridized carbons (Fsp3) is 0.565. The second-order valence-corrected chi connectivity index (χ2v) is 8.89. The van der Waals surface area contributed by atoms with Gasteiger partial charge in [-0.15, -0.1) is 0 Å². The maximum absolute atomic E-state index is 12.9. The smallest absolute Gasteiger partial charge is 0.326 e. The number of carbonyl (C=O) groups excluding carboxylic acids is 4. The Kier molecular flexibility index (Phi) is 6.67. The van der Waals surface area contributed by atoms with Gasteiger partial charge in [0.2, 0.25) is 0 Å². The Labute approximate surface area is 182 Å². The Balaban J connectivity index is 1.54. The molecule has 1 aromatic rings. The molecule has 1 saturated heterocycles. The first-order valence-corrected chi connectivity index (χ1v) is 10.7. The van der Waals surface area contributed by atoms with Crippen molar-refractivity contribution in [2.45, 2.75) is 58.0 Å². The minimum Gasteiger partial charge on any atom is -0.454 e. The van der Waals surface area contributed by atoms with Crippen LogP contribution in [0.15, 0.2) is 24.3 Å². The van der Waals surface area contributed by atoms with E-state index in [0.717, 1.165) is 36.1 Å². The molecule has 4 amide bonds. The lowest BCUT2D eigenvalue weighted by Crippen LogP contribution is -2.43. The van der Waals surface area contributed by atoms with Gasteiger partial charge in [0.1, 0.15) is 12.1 Å². The molecular weight excluding hydrogens is 398 g/mol. The van der Waals surface area contributed by atoms with Crippen LogP contribution in [0, 0.1) is 12.8 Å². The van der Waals surface area contributed by atoms with Gasteiger partial charge in [-0.1, -0.05) is 36.8 Å². The quantitative estimate of drug-likeness (QED) is 0.553. The van der Waals surface area contributed by atoms with Crippen LogP contribution in [-0.2, 0) is 24.7 Å². The van der Waals surface area contributed by atoms with Crippen molar-refractivity contribution in [2.24, 2.45) is 5.92 Å². The number of nitrogens with zero attached hydrogens (tertiary/aromatic N) is 2. The number of ether oxygens (including phenoxy) is 1. The molecule has 1 aromatic carbocycles. The lowest BCUT2D eigenvalue weighted by Gasteiger charge is -2.33. The minimum absolute atomic E-state index is 0.156. The molecule has 1 atom stereocenters. The molecule has 0 aromatic heterocycles. The summed E-state index contributed by atoms with van der Waals surface area (Å²) < 4.78 is 5.08. The standard InChI is InChI=1S/C23H31N3O5/c1-15-5-9-17(10-6-15)23(3)21(29)26(22(30)24-23)13-20(28)31-14-19(27)25(4)18-11-7-16(2)8-12-18/h5-6,9-10,16,18H,7-8,11-14H2,1-4H3,(H,24,30)/t16?,18?,23-/m1/s1. The summed E-state index contributed by atoms with van der Waals surface area (Å²) in [6.07, 6.45) is 4.04. The molecule has 2 aliphatic rings. The van der Waals surface area contributed by atoms with Crippen LogP contribution in [-0.4, -0.2) is 59.9 Å². The van der Waals surface area contributed by atoms with Crippen LogP contribution in [0.1, 0.15) is 50.7 Å². The maximum Gasteiger partial charge on any atom is 0.326 e. The fourth-order valence-corrected chi connectivity index (χ4v) is 4.18. The molecule has 1 heterocycles. The lowest BCUT2D eigenvalue weighted by molar-refractivity contribution is -0.154. The SMILES string of the molecule is Cc1ccc([C@@]2(C)NC(=O)N(CC(=O)OCC(=O)N(C)C3CCC(C)CC3)C2=O)cc1. The molecule has 1 aliphatic carbocycles. The second kappa shape index (κ2) is 9.08. The number of nitrogens with one attached hydrogen (secondary N) is 1. The van der Waals surface area contributed by atoms with Gasteiger partial charge in [-0.25, -0.2) is 4.79 Å². The van der Waals surface area contributed by atoms with Crippen LogP contribution in [0.5, 0.6) is 0 Å². The van der Waals surface area contributed by atoms with Gasteiger partial charge in [0.05, 0.1) is 0 Å². The number of urea groups is 1. The fourth-order valence-electron chi connectivity index (χ4n) is 4.18. The number of hydrogen-bond donors (Lipinski definition) is 1. The molecule has 0 bridgehead atoms. The average Bonchev–Trinajstić information content (AvgIpc) is 2.96. The van der Waals surface area contributed by atoms with E-state index in [4.69, 9.17) is 4.74 Å². The summed E-state index contributed by atoms with van der Waals surface area (Å²) in [4.78, 5) is 52.4. The van der Waals surface area contributed by atoms with E-state index < -0.39 is 36.6 Å². The predicted octanol–water partition coefficient (Wildman–Crippen LogP) is 2.34. The van der Waals surface area contributed by atoms with E-state index in [-0.39, 0.29) is 11.9 Å². The predicted molar refractivity (Wildman–Crippen MR) is 114 cm³/mol. The Morgan fingerprint density at radius 3 is 2.39 bits per heavy atom. The highest BCUT2D eigenvalue weighted by Gasteiger charge is 2.49. The number of imide groups is 1. The number of rotatable bonds is 6. The van der Waals surface area contributed by atoms with Crippen molar-refractivity contribution >= 4 is 23.8 Å². The molecule has 1 saturated carbocycles. The van der Waals surface area contributed by atoms with Crippen LogP contribution < -0.4 is 5.32 Å². The number of likely N-dealkylation sites (N-methyl/N-ethyl adjacent to an activating group) is 1. The summed E-state index contributed by atoms with van der Waals surface area (Å²) in [5, 5.41) is 2.66. The zero-order chi connectivity index (χ0) is 22.8. The Bertz CT molecular complexity index is 860. The summed E-state index contributed by atoms with van der Waals surface area (Å²) in [5.41, 5.74) is 0.409. The number of amides is 4. The van der Waals surface area contributed by atoms with Crippen molar-refractivity contribution < 1.29 is 23.9 Å². The maximum atomic E-state index is 12.9. The first kappa shape index (κ1) is 22.8. The summed E-state index contributed by atoms with van der Waals surface area (Å²) >= 11 is 0. The largest absolute Gasteiger partial charge is 0.454 e. The van der Waals surface area contributed by atoms with Crippen molar-refractivity contribution in [3.05, 3.63) is 35.4 Å². The molecule has 0 spiro atoms. The van der Waals surface area contributed by atoms with Gasteiger partial charge in [-0.05, 0) is 51.0 Å². The third-order valence-electron chi connectivity index (χ3n) is 6.47. The van der Waals surface area contributed by atoms with Crippen molar-refractivity contribution in [2.75, 3.05) is 20.2 Å². The lowest BCUT2D eigenvalue weighted by atomic mass is 9.87. The number of benzene rings is 1. The Hall–Kier alpha value is -2.90. The molecule has 1 aliphatic heterocycles. The van der Waals surface area contributed by atoms with Gasteiger partial charge in [-0.3, -0.25) is 19.3 Å². The number of aryl methyl sites for hydroxylation is 1. The first-order valence-electron chi connectivity index (χ1n) is 10.7. The van der Waals surface area contributed by atoms with Gasteiger partial charge in [-0.2, -0.15) is 0 Å². The van der Waals surface area contributed by atoms with E-state index in [1.807, 2.05) is 19.1 Å². The van der Waals surface area contributed by atoms with Crippen LogP contribution in [0.2, 0.25) is 0 Å². The first-order chi connectivity index (χ1) is 14.6. The normalized spacial score (nSPS) is 25.9. The van der Waals surface area contributed by atoms with Crippen LogP contribution in [0.3, 0.4) is 0 Å². The van der Waals surface area contributed by atoms with Crippen molar-refractivity contribution in [3.63, 3.8) is 0 Å². The van der Waals surface area contributed by atoms with Gasteiger partial charge in [0, 0.05) is 13.1 Å². The Morgan fingerprint density at radius 2 is 1.77 bits per heavy atom. The van der Waals surface area contributed by atoms with Crippen molar-refractivity contribution in [1.29, 1.82) is 0 Å². The summed E-state index contributed by atoms with van der Waals surface area (Å²) in [5.74, 6) is -0.935. The zero-order valence-electron chi connectivity index (χ0n) is 18.6. The highest BCUT2D eigenvalue weighted by atomic mass is 16.5. The molecule has 2 fully saturated rings. The second-order valence-electron chi connectivity index (χ2n) is 8.89. The average molecular weight is 430 g/mol. The highest BCUT2D eigenvalue weighted by molar-refractivity contribution is 6.08. The molecular formula is C23H31N3O5. The summed E-state index contributed by atoms with van der Waals surface area (Å²) in [6, 6.07) is 6.75. The van der Waals surface area contributed by atoms with Gasteiger partial charge in [0.25, 0.3) is 11.8 Å². The van der Waals surface area contributed by atoms with E-state index in [0.29, 0.717) is 11.5 Å². The molecule has 1 N–H and O–H groups in total. The topological polar surface area (TPSA) is 96.0 Å². The number of carbonyl (C=O) groups is 4. The summed E-state index contributed by atoms with van der Waals surface area (Å²) in [6.45, 7) is 4.80. The molecule has 168 valence electrons. The van der Waals surface area contributed by atoms with Gasteiger partial charge < -0.3 is 15.0 Å². The third kappa shape index (κ3) is 4.89. The van der Waals surface area contributed by atoms with Crippen molar-refractivity contribution in [3.8, 4) is 0 Å². The van der Waals surface area contributed by atoms with Gasteiger partial charge in [0.15, 0.2) is 6.61 Å². The summed E-state index contributed by atoms with van der Waals surface area (Å²) in [7, 11) is 1.72. The van der Waals surface area contributed by atoms with Crippen LogP contribution in [0.25, 0.3) is 0 Å². The molecule has 0 radical (unpaired) electrons. The zero-order valence-corrected chi connectivity index (χ0v) is 18.6. The van der Waals surface area contributed by atoms with E-state index in [9.17, 15) is 19.2 Å². The van der Waals surface area contributed by atoms with E-state index in [2.05, 4.69) is 12.2 Å². The van der Waals surface area contributed by atoms with E-state index in [1.165, 1.54) is 0 Å². The van der Waals surface area contributed by atoms with E-state index >= 15 is 0 Å². The Morgan fingerprint density at radius 1 is 1.16 bits per heavy atom. The molecule has 0 unspecified atom stereocenters. The highest BCUT2D eigenvalue weighted by Crippen LogP contribution is 2.29. The van der Waals surface area contributed by atoms with Crippen LogP contribution in [0.4, 0.5) is 4.79 Å². The third-order valence-corrected chi connectivity index (χ3v) is 6.47. The molecule has 31 heavy (non-hydrogen) atoms. The molecule has 8 heteroatoms. The molecule has 3 rings (SSSR count). The van der Waals surface area contributed by atoms with Crippen molar-refractivity contribution in [1.82, 2.24) is 15.1 Å². The monoisotopic (exact) mass is 429 g/mol. The van der Waals surface area contributed by atoms with Crippen LogP contribution >= 0.6 is 0 Å². The number of esters is 1. The number of hydrogen-bond acceptors (Lipinski definition) is 5.